The molecule has 0 aliphatic rings. The predicted molar refractivity (Wildman–Crippen MR) is 138 cm³/mol. The fourth-order valence-corrected chi connectivity index (χ4v) is 4.56. The van der Waals surface area contributed by atoms with Crippen molar-refractivity contribution in [3.8, 4) is 5.75 Å². The Morgan fingerprint density at radius 1 is 0.943 bits per heavy atom. The highest BCUT2D eigenvalue weighted by atomic mass is 35.5. The van der Waals surface area contributed by atoms with Crippen LogP contribution < -0.4 is 15.5 Å². The SMILES string of the molecule is O=C(CNC(=O)c1ccc(Cl)cc1)NN=Cc1ccccc1OC(=O)c1sc2ccccc2c1Cl. The molecule has 7 nitrogen and oxygen atoms in total. The Balaban J connectivity index is 1.36. The van der Waals surface area contributed by atoms with E-state index in [1.807, 2.05) is 24.3 Å². The van der Waals surface area contributed by atoms with Crippen LogP contribution >= 0.6 is 34.5 Å². The van der Waals surface area contributed by atoms with Crippen LogP contribution in [0.4, 0.5) is 0 Å². The molecule has 176 valence electrons. The lowest BCUT2D eigenvalue weighted by Crippen LogP contribution is -2.34. The molecular weight excluding hydrogens is 509 g/mol. The van der Waals surface area contributed by atoms with Gasteiger partial charge in [0.25, 0.3) is 11.8 Å². The van der Waals surface area contributed by atoms with E-state index in [-0.39, 0.29) is 12.3 Å². The molecule has 2 amide bonds. The van der Waals surface area contributed by atoms with Crippen molar-refractivity contribution >= 4 is 68.6 Å². The highest BCUT2D eigenvalue weighted by Crippen LogP contribution is 2.36. The van der Waals surface area contributed by atoms with E-state index in [9.17, 15) is 14.4 Å². The van der Waals surface area contributed by atoms with E-state index in [1.54, 1.807) is 48.5 Å². The van der Waals surface area contributed by atoms with Gasteiger partial charge in [-0.3, -0.25) is 9.59 Å². The molecule has 0 saturated heterocycles. The number of fused-ring (bicyclic) bond motifs is 1. The third kappa shape index (κ3) is 6.05. The Hall–Kier alpha value is -3.72. The first kappa shape index (κ1) is 24.4. The Labute approximate surface area is 214 Å². The Morgan fingerprint density at radius 3 is 2.43 bits per heavy atom. The average Bonchev–Trinajstić information content (AvgIpc) is 3.20. The van der Waals surface area contributed by atoms with Gasteiger partial charge in [-0.15, -0.1) is 11.3 Å². The minimum atomic E-state index is -0.592. The number of nitrogens with one attached hydrogen (secondary N) is 2. The fourth-order valence-electron chi connectivity index (χ4n) is 3.05. The molecule has 3 aromatic carbocycles. The number of ether oxygens (including phenoxy) is 1. The number of hydrogen-bond donors (Lipinski definition) is 2. The molecule has 1 aromatic heterocycles. The Kier molecular flexibility index (Phi) is 7.77. The summed E-state index contributed by atoms with van der Waals surface area (Å²) in [5.74, 6) is -1.29. The lowest BCUT2D eigenvalue weighted by atomic mass is 10.2. The summed E-state index contributed by atoms with van der Waals surface area (Å²) in [6.45, 7) is -0.278. The van der Waals surface area contributed by atoms with Gasteiger partial charge in [-0.25, -0.2) is 10.2 Å². The number of thiophene rings is 1. The standard InChI is InChI=1S/C25H17Cl2N3O4S/c26-17-11-9-15(10-12-17)24(32)28-14-21(31)30-29-13-16-5-1-3-7-19(16)34-25(33)23-22(27)18-6-2-4-8-20(18)35-23/h1-13H,14H2,(H,28,32)(H,30,31). The molecule has 0 saturated carbocycles. The summed E-state index contributed by atoms with van der Waals surface area (Å²) < 4.78 is 6.43. The number of rotatable bonds is 7. The van der Waals surface area contributed by atoms with Crippen LogP contribution in [0.3, 0.4) is 0 Å². The highest BCUT2D eigenvalue weighted by molar-refractivity contribution is 7.21. The number of amides is 2. The molecule has 1 heterocycles. The average molecular weight is 526 g/mol. The van der Waals surface area contributed by atoms with Crippen molar-refractivity contribution in [2.45, 2.75) is 0 Å². The molecule has 0 radical (unpaired) electrons. The van der Waals surface area contributed by atoms with Gasteiger partial charge < -0.3 is 10.1 Å². The number of carbonyl (C=O) groups is 3. The van der Waals surface area contributed by atoms with Gasteiger partial charge in [0.05, 0.1) is 17.8 Å². The van der Waals surface area contributed by atoms with Crippen LogP contribution in [0.5, 0.6) is 5.75 Å². The first-order chi connectivity index (χ1) is 16.9. The molecule has 0 aliphatic carbocycles. The highest BCUT2D eigenvalue weighted by Gasteiger charge is 2.19. The van der Waals surface area contributed by atoms with E-state index in [0.29, 0.717) is 26.0 Å². The lowest BCUT2D eigenvalue weighted by molar-refractivity contribution is -0.120. The third-order valence-corrected chi connectivity index (χ3v) is 6.66. The van der Waals surface area contributed by atoms with Crippen LogP contribution in [0.1, 0.15) is 25.6 Å². The summed E-state index contributed by atoms with van der Waals surface area (Å²) in [7, 11) is 0. The quantitative estimate of drug-likeness (QED) is 0.148. The van der Waals surface area contributed by atoms with E-state index in [4.69, 9.17) is 27.9 Å². The van der Waals surface area contributed by atoms with Gasteiger partial charge in [0, 0.05) is 26.2 Å². The van der Waals surface area contributed by atoms with Gasteiger partial charge in [-0.2, -0.15) is 5.10 Å². The molecule has 0 bridgehead atoms. The van der Waals surface area contributed by atoms with Gasteiger partial charge in [0.15, 0.2) is 0 Å². The van der Waals surface area contributed by atoms with Crippen molar-refractivity contribution in [3.63, 3.8) is 0 Å². The van der Waals surface area contributed by atoms with Crippen LogP contribution in [0.15, 0.2) is 77.9 Å². The number of benzene rings is 3. The zero-order valence-corrected chi connectivity index (χ0v) is 20.3. The Bertz CT molecular complexity index is 1430. The number of halogens is 2. The summed E-state index contributed by atoms with van der Waals surface area (Å²) in [6.07, 6.45) is 1.34. The minimum Gasteiger partial charge on any atom is -0.422 e. The number of para-hydroxylation sites is 1. The van der Waals surface area contributed by atoms with Crippen molar-refractivity contribution in [1.29, 1.82) is 0 Å². The van der Waals surface area contributed by atoms with E-state index in [1.165, 1.54) is 17.6 Å². The fraction of sp³-hybridized carbons (Fsp3) is 0.0400. The number of esters is 1. The molecule has 10 heteroatoms. The van der Waals surface area contributed by atoms with Crippen molar-refractivity contribution in [1.82, 2.24) is 10.7 Å². The van der Waals surface area contributed by atoms with Gasteiger partial charge in [-0.1, -0.05) is 53.5 Å². The molecule has 0 fully saturated rings. The van der Waals surface area contributed by atoms with Gasteiger partial charge in [0.1, 0.15) is 10.6 Å². The van der Waals surface area contributed by atoms with E-state index >= 15 is 0 Å². The van der Waals surface area contributed by atoms with Crippen LogP contribution in [-0.2, 0) is 4.79 Å². The van der Waals surface area contributed by atoms with E-state index in [0.717, 1.165) is 10.1 Å². The molecule has 35 heavy (non-hydrogen) atoms. The van der Waals surface area contributed by atoms with Crippen LogP contribution in [0, 0.1) is 0 Å². The van der Waals surface area contributed by atoms with Gasteiger partial charge >= 0.3 is 5.97 Å². The van der Waals surface area contributed by atoms with E-state index in [2.05, 4.69) is 15.8 Å². The molecule has 2 N–H and O–H groups in total. The van der Waals surface area contributed by atoms with Crippen LogP contribution in [0.2, 0.25) is 10.0 Å². The maximum Gasteiger partial charge on any atom is 0.355 e. The van der Waals surface area contributed by atoms with Crippen LogP contribution in [0.25, 0.3) is 10.1 Å². The molecule has 0 unspecified atom stereocenters. The molecule has 4 rings (SSSR count). The first-order valence-electron chi connectivity index (χ1n) is 10.3. The molecule has 0 aliphatic heterocycles. The first-order valence-corrected chi connectivity index (χ1v) is 11.8. The molecule has 4 aromatic rings. The number of carbonyl (C=O) groups excluding carboxylic acids is 3. The second kappa shape index (κ2) is 11.1. The number of hydrogen-bond acceptors (Lipinski definition) is 6. The van der Waals surface area contributed by atoms with Crippen molar-refractivity contribution in [2.24, 2.45) is 5.10 Å². The number of hydrazone groups is 1. The Morgan fingerprint density at radius 2 is 1.66 bits per heavy atom. The summed E-state index contributed by atoms with van der Waals surface area (Å²) in [5.41, 5.74) is 3.16. The topological polar surface area (TPSA) is 96.9 Å². The second-order valence-electron chi connectivity index (χ2n) is 7.15. The molecule has 0 spiro atoms. The minimum absolute atomic E-state index is 0.250. The molecular formula is C25H17Cl2N3O4S. The second-order valence-corrected chi connectivity index (χ2v) is 9.02. The zero-order chi connectivity index (χ0) is 24.8. The summed E-state index contributed by atoms with van der Waals surface area (Å²) in [4.78, 5) is 37.2. The maximum absolute atomic E-state index is 12.8. The van der Waals surface area contributed by atoms with Gasteiger partial charge in [0.2, 0.25) is 0 Å². The summed E-state index contributed by atoms with van der Waals surface area (Å²) >= 11 is 13.4. The maximum atomic E-state index is 12.8. The van der Waals surface area contributed by atoms with Crippen molar-refractivity contribution in [3.05, 3.63) is 98.8 Å². The lowest BCUT2D eigenvalue weighted by Gasteiger charge is -2.07. The van der Waals surface area contributed by atoms with Crippen LogP contribution in [-0.4, -0.2) is 30.5 Å². The number of nitrogens with zero attached hydrogens (tertiary/aromatic N) is 1. The summed E-state index contributed by atoms with van der Waals surface area (Å²) in [5, 5.41) is 8.01. The third-order valence-electron chi connectivity index (χ3n) is 4.75. The van der Waals surface area contributed by atoms with Gasteiger partial charge in [-0.05, 0) is 42.5 Å². The zero-order valence-electron chi connectivity index (χ0n) is 18.0. The summed E-state index contributed by atoms with van der Waals surface area (Å²) in [6, 6.07) is 20.4. The molecule has 0 atom stereocenters. The van der Waals surface area contributed by atoms with E-state index < -0.39 is 17.8 Å². The largest absolute Gasteiger partial charge is 0.422 e. The monoisotopic (exact) mass is 525 g/mol. The normalized spacial score (nSPS) is 10.9. The van der Waals surface area contributed by atoms with Crippen molar-refractivity contribution < 1.29 is 19.1 Å². The van der Waals surface area contributed by atoms with Crippen molar-refractivity contribution in [2.75, 3.05) is 6.54 Å². The smallest absolute Gasteiger partial charge is 0.355 e. The predicted octanol–water partition coefficient (Wildman–Crippen LogP) is 5.31.